The lowest BCUT2D eigenvalue weighted by Gasteiger charge is -1.98. The molecule has 0 atom stereocenters. The molecule has 0 bridgehead atoms. The number of thioether (sulfide) groups is 1. The van der Waals surface area contributed by atoms with Gasteiger partial charge in [0.2, 0.25) is 0 Å². The Bertz CT molecular complexity index is 247. The van der Waals surface area contributed by atoms with Gasteiger partial charge in [-0.15, -0.1) is 0 Å². The molecule has 3 nitrogen and oxygen atoms in total. The molecule has 0 aliphatic heterocycles. The molecule has 0 saturated heterocycles. The SMILES string of the molecule is CSCCCn1cnc(C=O)c1. The van der Waals surface area contributed by atoms with Crippen molar-refractivity contribution in [1.29, 1.82) is 0 Å². The van der Waals surface area contributed by atoms with Crippen molar-refractivity contribution in [2.75, 3.05) is 12.0 Å². The summed E-state index contributed by atoms with van der Waals surface area (Å²) in [6.45, 7) is 0.946. The Kier molecular flexibility index (Phi) is 3.87. The smallest absolute Gasteiger partial charge is 0.169 e. The van der Waals surface area contributed by atoms with Gasteiger partial charge in [0.15, 0.2) is 6.29 Å². The Balaban J connectivity index is 2.36. The highest BCUT2D eigenvalue weighted by atomic mass is 32.2. The molecular formula is C8H12N2OS. The molecule has 0 aliphatic carbocycles. The van der Waals surface area contributed by atoms with Gasteiger partial charge in [-0.1, -0.05) is 0 Å². The fourth-order valence-electron chi connectivity index (χ4n) is 0.952. The van der Waals surface area contributed by atoms with Crippen LogP contribution in [0.2, 0.25) is 0 Å². The zero-order chi connectivity index (χ0) is 8.81. The van der Waals surface area contributed by atoms with Crippen molar-refractivity contribution >= 4 is 18.0 Å². The highest BCUT2D eigenvalue weighted by Gasteiger charge is 1.95. The van der Waals surface area contributed by atoms with E-state index in [1.807, 2.05) is 16.3 Å². The van der Waals surface area contributed by atoms with Gasteiger partial charge in [-0.05, 0) is 18.4 Å². The van der Waals surface area contributed by atoms with Crippen LogP contribution < -0.4 is 0 Å². The van der Waals surface area contributed by atoms with Gasteiger partial charge >= 0.3 is 0 Å². The van der Waals surface area contributed by atoms with Crippen LogP contribution in [0, 0.1) is 0 Å². The van der Waals surface area contributed by atoms with Crippen molar-refractivity contribution in [2.45, 2.75) is 13.0 Å². The summed E-state index contributed by atoms with van der Waals surface area (Å²) in [4.78, 5) is 14.2. The van der Waals surface area contributed by atoms with Crippen LogP contribution in [0.25, 0.3) is 0 Å². The molecule has 0 radical (unpaired) electrons. The summed E-state index contributed by atoms with van der Waals surface area (Å²) < 4.78 is 1.94. The molecule has 0 aliphatic rings. The summed E-state index contributed by atoms with van der Waals surface area (Å²) in [5.41, 5.74) is 0.513. The quantitative estimate of drug-likeness (QED) is 0.513. The molecule has 1 heterocycles. The van der Waals surface area contributed by atoms with Crippen LogP contribution in [0.3, 0.4) is 0 Å². The molecule has 0 unspecified atom stereocenters. The van der Waals surface area contributed by atoms with Crippen LogP contribution in [0.5, 0.6) is 0 Å². The van der Waals surface area contributed by atoms with Gasteiger partial charge in [0, 0.05) is 12.7 Å². The van der Waals surface area contributed by atoms with Crippen molar-refractivity contribution < 1.29 is 4.79 Å². The van der Waals surface area contributed by atoms with Crippen LogP contribution in [0.1, 0.15) is 16.9 Å². The monoisotopic (exact) mass is 184 g/mol. The Morgan fingerprint density at radius 1 is 1.75 bits per heavy atom. The molecule has 0 spiro atoms. The van der Waals surface area contributed by atoms with Crippen LogP contribution in [0.15, 0.2) is 12.5 Å². The van der Waals surface area contributed by atoms with Crippen LogP contribution in [-0.2, 0) is 6.54 Å². The molecule has 0 aromatic carbocycles. The average Bonchev–Trinajstić information content (AvgIpc) is 2.53. The van der Waals surface area contributed by atoms with Crippen molar-refractivity contribution in [3.8, 4) is 0 Å². The zero-order valence-electron chi connectivity index (χ0n) is 7.06. The fraction of sp³-hybridized carbons (Fsp3) is 0.500. The van der Waals surface area contributed by atoms with E-state index in [4.69, 9.17) is 0 Å². The summed E-state index contributed by atoms with van der Waals surface area (Å²) in [5, 5.41) is 0. The number of rotatable bonds is 5. The first-order valence-corrected chi connectivity index (χ1v) is 5.22. The summed E-state index contributed by atoms with van der Waals surface area (Å²) >= 11 is 1.83. The largest absolute Gasteiger partial charge is 0.337 e. The van der Waals surface area contributed by atoms with E-state index in [-0.39, 0.29) is 0 Å². The normalized spacial score (nSPS) is 10.1. The Labute approximate surface area is 76.2 Å². The van der Waals surface area contributed by atoms with Gasteiger partial charge in [-0.25, -0.2) is 4.98 Å². The van der Waals surface area contributed by atoms with E-state index in [1.165, 1.54) is 0 Å². The second-order valence-electron chi connectivity index (χ2n) is 2.50. The molecule has 1 aromatic heterocycles. The number of aromatic nitrogens is 2. The van der Waals surface area contributed by atoms with E-state index in [1.54, 1.807) is 12.5 Å². The van der Waals surface area contributed by atoms with E-state index in [0.29, 0.717) is 5.69 Å². The number of nitrogens with zero attached hydrogens (tertiary/aromatic N) is 2. The van der Waals surface area contributed by atoms with Crippen molar-refractivity contribution in [1.82, 2.24) is 9.55 Å². The topological polar surface area (TPSA) is 34.9 Å². The molecule has 1 aromatic rings. The second-order valence-corrected chi connectivity index (χ2v) is 3.49. The molecule has 12 heavy (non-hydrogen) atoms. The number of carbonyl (C=O) groups excluding carboxylic acids is 1. The molecule has 0 saturated carbocycles. The lowest BCUT2D eigenvalue weighted by molar-refractivity contribution is 0.111. The molecule has 0 amide bonds. The fourth-order valence-corrected chi connectivity index (χ4v) is 1.37. The average molecular weight is 184 g/mol. The molecule has 0 N–H and O–H groups in total. The van der Waals surface area contributed by atoms with Crippen molar-refractivity contribution in [3.05, 3.63) is 18.2 Å². The van der Waals surface area contributed by atoms with Crippen LogP contribution in [0.4, 0.5) is 0 Å². The van der Waals surface area contributed by atoms with Gasteiger partial charge < -0.3 is 4.57 Å². The van der Waals surface area contributed by atoms with E-state index >= 15 is 0 Å². The standard InChI is InChI=1S/C8H12N2OS/c1-12-4-2-3-10-5-8(6-11)9-7-10/h5-7H,2-4H2,1H3. The van der Waals surface area contributed by atoms with Gasteiger partial charge in [0.1, 0.15) is 5.69 Å². The minimum atomic E-state index is 0.513. The molecule has 66 valence electrons. The maximum Gasteiger partial charge on any atom is 0.169 e. The van der Waals surface area contributed by atoms with Gasteiger partial charge in [0.05, 0.1) is 6.33 Å². The summed E-state index contributed by atoms with van der Waals surface area (Å²) in [7, 11) is 0. The Hall–Kier alpha value is -0.770. The van der Waals surface area contributed by atoms with E-state index in [9.17, 15) is 4.79 Å². The van der Waals surface area contributed by atoms with E-state index in [0.717, 1.165) is 25.0 Å². The third-order valence-corrected chi connectivity index (χ3v) is 2.24. The zero-order valence-corrected chi connectivity index (χ0v) is 7.88. The number of carbonyl (C=O) groups is 1. The lowest BCUT2D eigenvalue weighted by atomic mass is 10.5. The molecule has 4 heteroatoms. The minimum absolute atomic E-state index is 0.513. The van der Waals surface area contributed by atoms with Crippen LogP contribution in [-0.4, -0.2) is 27.8 Å². The third kappa shape index (κ3) is 2.70. The molecule has 1 rings (SSSR count). The summed E-state index contributed by atoms with van der Waals surface area (Å²) in [6, 6.07) is 0. The maximum atomic E-state index is 10.3. The molecular weight excluding hydrogens is 172 g/mol. The summed E-state index contributed by atoms with van der Waals surface area (Å²) in [6.07, 6.45) is 7.45. The number of aryl methyl sites for hydroxylation is 1. The first kappa shape index (κ1) is 9.32. The van der Waals surface area contributed by atoms with Gasteiger partial charge in [-0.3, -0.25) is 4.79 Å². The number of aldehydes is 1. The predicted molar refractivity (Wildman–Crippen MR) is 50.6 cm³/mol. The van der Waals surface area contributed by atoms with Gasteiger partial charge in [0.25, 0.3) is 0 Å². The van der Waals surface area contributed by atoms with E-state index < -0.39 is 0 Å². The highest BCUT2D eigenvalue weighted by Crippen LogP contribution is 1.99. The summed E-state index contributed by atoms with van der Waals surface area (Å²) in [5.74, 6) is 1.15. The lowest BCUT2D eigenvalue weighted by Crippen LogP contribution is -1.95. The molecule has 0 fully saturated rings. The number of imidazole rings is 1. The first-order chi connectivity index (χ1) is 5.86. The highest BCUT2D eigenvalue weighted by molar-refractivity contribution is 7.98. The Morgan fingerprint density at radius 2 is 2.58 bits per heavy atom. The Morgan fingerprint density at radius 3 is 3.17 bits per heavy atom. The minimum Gasteiger partial charge on any atom is -0.337 e. The predicted octanol–water partition coefficient (Wildman–Crippen LogP) is 1.45. The van der Waals surface area contributed by atoms with E-state index in [2.05, 4.69) is 11.2 Å². The second kappa shape index (κ2) is 4.98. The van der Waals surface area contributed by atoms with Crippen molar-refractivity contribution in [2.24, 2.45) is 0 Å². The maximum absolute atomic E-state index is 10.3. The number of hydrogen-bond acceptors (Lipinski definition) is 3. The van der Waals surface area contributed by atoms with Crippen LogP contribution >= 0.6 is 11.8 Å². The van der Waals surface area contributed by atoms with Crippen molar-refractivity contribution in [3.63, 3.8) is 0 Å². The van der Waals surface area contributed by atoms with Gasteiger partial charge in [-0.2, -0.15) is 11.8 Å². The third-order valence-electron chi connectivity index (χ3n) is 1.54. The first-order valence-electron chi connectivity index (χ1n) is 3.82. The number of hydrogen-bond donors (Lipinski definition) is 0.